The lowest BCUT2D eigenvalue weighted by Crippen LogP contribution is -2.10. The van der Waals surface area contributed by atoms with Gasteiger partial charge in [0, 0.05) is 16.8 Å². The molecule has 0 heterocycles. The summed E-state index contributed by atoms with van der Waals surface area (Å²) in [6.07, 6.45) is 15.8. The third kappa shape index (κ3) is 5.57. The summed E-state index contributed by atoms with van der Waals surface area (Å²) in [5.41, 5.74) is 9.03. The first-order chi connectivity index (χ1) is 23.7. The summed E-state index contributed by atoms with van der Waals surface area (Å²) in [5, 5.41) is 7.45. The molecule has 1 aliphatic rings. The lowest BCUT2D eigenvalue weighted by molar-refractivity contribution is 1.30. The molecule has 0 N–H and O–H groups in total. The molecule has 0 unspecified atom stereocenters. The van der Waals surface area contributed by atoms with Gasteiger partial charge in [-0.1, -0.05) is 164 Å². The van der Waals surface area contributed by atoms with Crippen molar-refractivity contribution in [3.63, 3.8) is 0 Å². The molecule has 0 saturated heterocycles. The quantitative estimate of drug-likeness (QED) is 0.175. The molecule has 1 nitrogen and oxygen atoms in total. The predicted octanol–water partition coefficient (Wildman–Crippen LogP) is 13.3. The summed E-state index contributed by atoms with van der Waals surface area (Å²) in [6.45, 7) is 4.38. The highest BCUT2D eigenvalue weighted by Crippen LogP contribution is 2.43. The van der Waals surface area contributed by atoms with Crippen LogP contribution in [0.5, 0.6) is 0 Å². The average Bonchev–Trinajstić information content (AvgIpc) is 3.15. The largest absolute Gasteiger partial charge is 0.310 e. The molecule has 1 aliphatic carbocycles. The number of nitrogens with zero attached hydrogens (tertiary/aromatic N) is 1. The van der Waals surface area contributed by atoms with Crippen molar-refractivity contribution < 1.29 is 0 Å². The second-order valence-electron chi connectivity index (χ2n) is 12.2. The fourth-order valence-corrected chi connectivity index (χ4v) is 6.83. The van der Waals surface area contributed by atoms with Crippen LogP contribution in [0.1, 0.15) is 12.0 Å². The van der Waals surface area contributed by atoms with Crippen molar-refractivity contribution in [2.24, 2.45) is 0 Å². The summed E-state index contributed by atoms with van der Waals surface area (Å²) in [4.78, 5) is 2.40. The number of hydrogen-bond acceptors (Lipinski definition) is 1. The summed E-state index contributed by atoms with van der Waals surface area (Å²) in [6, 6.07) is 52.8. The number of rotatable bonds is 5. The first-order valence-corrected chi connectivity index (χ1v) is 16.5. The van der Waals surface area contributed by atoms with Gasteiger partial charge in [0.15, 0.2) is 0 Å². The van der Waals surface area contributed by atoms with Crippen molar-refractivity contribution in [1.29, 1.82) is 0 Å². The van der Waals surface area contributed by atoms with Crippen LogP contribution in [0.4, 0.5) is 17.1 Å². The van der Waals surface area contributed by atoms with Crippen LogP contribution in [0.2, 0.25) is 0 Å². The van der Waals surface area contributed by atoms with E-state index < -0.39 is 0 Å². The first kappa shape index (κ1) is 29.2. The molecule has 0 spiro atoms. The molecule has 0 atom stereocenters. The van der Waals surface area contributed by atoms with Gasteiger partial charge >= 0.3 is 0 Å². The maximum absolute atomic E-state index is 4.38. The number of benzene rings is 7. The van der Waals surface area contributed by atoms with Crippen LogP contribution in [0, 0.1) is 0 Å². The van der Waals surface area contributed by atoms with Crippen LogP contribution in [0.15, 0.2) is 200 Å². The topological polar surface area (TPSA) is 3.24 Å². The number of fused-ring (bicyclic) bond motifs is 4. The molecule has 8 rings (SSSR count). The standard InChI is InChI=1S/C47H35N/c1-34-15-6-4-2-3-5-7-19-41(34)36-25-29-39(30-26-36)48(47-33-38-17-9-11-21-44(38)45-22-12-13-23-46(45)47)40-31-27-37(28-32-40)43-24-14-18-35-16-8-10-20-42(35)43/h2,4-33H,1,3H2/b4-2-,7-5-,15-6-,41-19+. The lowest BCUT2D eigenvalue weighted by atomic mass is 9.96. The Kier molecular flexibility index (Phi) is 7.86. The Labute approximate surface area is 282 Å². The highest BCUT2D eigenvalue weighted by molar-refractivity contribution is 6.14. The fraction of sp³-hybridized carbons (Fsp3) is 0.0213. The monoisotopic (exact) mass is 613 g/mol. The van der Waals surface area contributed by atoms with Gasteiger partial charge in [-0.2, -0.15) is 0 Å². The van der Waals surface area contributed by atoms with Gasteiger partial charge in [0.1, 0.15) is 0 Å². The summed E-state index contributed by atoms with van der Waals surface area (Å²) >= 11 is 0. The molecule has 0 bridgehead atoms. The second-order valence-corrected chi connectivity index (χ2v) is 12.2. The van der Waals surface area contributed by atoms with Gasteiger partial charge < -0.3 is 4.90 Å². The minimum atomic E-state index is 0.910. The molecule has 7 aromatic carbocycles. The molecule has 228 valence electrons. The molecule has 0 radical (unpaired) electrons. The minimum Gasteiger partial charge on any atom is -0.310 e. The molecule has 0 amide bonds. The van der Waals surface area contributed by atoms with Crippen molar-refractivity contribution in [1.82, 2.24) is 0 Å². The zero-order valence-electron chi connectivity index (χ0n) is 26.8. The van der Waals surface area contributed by atoms with Crippen LogP contribution in [0.3, 0.4) is 0 Å². The van der Waals surface area contributed by atoms with E-state index in [1.807, 2.05) is 0 Å². The van der Waals surface area contributed by atoms with E-state index in [0.717, 1.165) is 40.2 Å². The minimum absolute atomic E-state index is 0.910. The van der Waals surface area contributed by atoms with E-state index in [0.29, 0.717) is 0 Å². The molecule has 0 aromatic heterocycles. The van der Waals surface area contributed by atoms with E-state index in [4.69, 9.17) is 0 Å². The Morgan fingerprint density at radius 2 is 1.08 bits per heavy atom. The van der Waals surface area contributed by atoms with Gasteiger partial charge in [-0.3, -0.25) is 0 Å². The van der Waals surface area contributed by atoms with E-state index >= 15 is 0 Å². The molecular weight excluding hydrogens is 579 g/mol. The van der Waals surface area contributed by atoms with Crippen molar-refractivity contribution >= 4 is 55.0 Å². The van der Waals surface area contributed by atoms with E-state index in [9.17, 15) is 0 Å². The zero-order valence-corrected chi connectivity index (χ0v) is 26.8. The molecule has 0 aliphatic heterocycles. The molecular formula is C47H35N. The first-order valence-electron chi connectivity index (χ1n) is 16.5. The Morgan fingerprint density at radius 3 is 1.85 bits per heavy atom. The molecule has 0 saturated carbocycles. The number of allylic oxidation sites excluding steroid dienone is 9. The fourth-order valence-electron chi connectivity index (χ4n) is 6.83. The van der Waals surface area contributed by atoms with E-state index in [1.54, 1.807) is 0 Å². The van der Waals surface area contributed by atoms with Gasteiger partial charge in [0.05, 0.1) is 5.69 Å². The smallest absolute Gasteiger partial charge is 0.0546 e. The van der Waals surface area contributed by atoms with Crippen LogP contribution in [0.25, 0.3) is 49.0 Å². The van der Waals surface area contributed by atoms with Crippen molar-refractivity contribution in [2.45, 2.75) is 6.42 Å². The SMILES string of the molecule is C=C1/C=C\C=C/C/C=C\C=C/1c1ccc(N(c2ccc(-c3cccc4ccccc34)cc2)c2cc3ccccc3c3ccccc23)cc1. The Hall–Kier alpha value is -6.18. The van der Waals surface area contributed by atoms with Crippen molar-refractivity contribution in [2.75, 3.05) is 4.90 Å². The van der Waals surface area contributed by atoms with E-state index in [1.165, 1.54) is 43.4 Å². The third-order valence-corrected chi connectivity index (χ3v) is 9.21. The molecule has 7 aromatic rings. The molecule has 1 heteroatoms. The van der Waals surface area contributed by atoms with Crippen LogP contribution in [-0.4, -0.2) is 0 Å². The van der Waals surface area contributed by atoms with Crippen molar-refractivity contribution in [3.8, 4) is 11.1 Å². The lowest BCUT2D eigenvalue weighted by Gasteiger charge is -2.28. The highest BCUT2D eigenvalue weighted by Gasteiger charge is 2.18. The van der Waals surface area contributed by atoms with Gasteiger partial charge in [-0.05, 0) is 91.5 Å². The number of hydrogen-bond donors (Lipinski definition) is 0. The zero-order chi connectivity index (χ0) is 32.3. The molecule has 0 fully saturated rings. The van der Waals surface area contributed by atoms with Crippen LogP contribution in [-0.2, 0) is 0 Å². The summed E-state index contributed by atoms with van der Waals surface area (Å²) in [5.74, 6) is 0. The van der Waals surface area contributed by atoms with Gasteiger partial charge in [-0.25, -0.2) is 0 Å². The second kappa shape index (κ2) is 12.9. The maximum Gasteiger partial charge on any atom is 0.0546 e. The van der Waals surface area contributed by atoms with Crippen LogP contribution >= 0.6 is 0 Å². The average molecular weight is 614 g/mol. The predicted molar refractivity (Wildman–Crippen MR) is 208 cm³/mol. The van der Waals surface area contributed by atoms with Gasteiger partial charge in [0.25, 0.3) is 0 Å². The van der Waals surface area contributed by atoms with Gasteiger partial charge in [0.2, 0.25) is 0 Å². The maximum atomic E-state index is 4.38. The Morgan fingerprint density at radius 1 is 0.479 bits per heavy atom. The highest BCUT2D eigenvalue weighted by atomic mass is 15.1. The third-order valence-electron chi connectivity index (χ3n) is 9.21. The Balaban J connectivity index is 1.28. The summed E-state index contributed by atoms with van der Waals surface area (Å²) < 4.78 is 0. The van der Waals surface area contributed by atoms with Crippen molar-refractivity contribution in [3.05, 3.63) is 206 Å². The number of anilines is 3. The van der Waals surface area contributed by atoms with E-state index in [2.05, 4.69) is 200 Å². The van der Waals surface area contributed by atoms with E-state index in [-0.39, 0.29) is 0 Å². The normalized spacial score (nSPS) is 16.3. The Bertz CT molecular complexity index is 2410. The van der Waals surface area contributed by atoms with Gasteiger partial charge in [-0.15, -0.1) is 0 Å². The molecule has 48 heavy (non-hydrogen) atoms. The van der Waals surface area contributed by atoms with Crippen LogP contribution < -0.4 is 4.90 Å². The summed E-state index contributed by atoms with van der Waals surface area (Å²) in [7, 11) is 0.